The van der Waals surface area contributed by atoms with Gasteiger partial charge in [-0.15, -0.1) is 11.3 Å². The monoisotopic (exact) mass is 263 g/mol. The van der Waals surface area contributed by atoms with Crippen molar-refractivity contribution in [3.05, 3.63) is 39.9 Å². The number of hydrogen-bond donors (Lipinski definition) is 1. The minimum Gasteiger partial charge on any atom is -0.326 e. The fourth-order valence-corrected chi connectivity index (χ4v) is 2.11. The van der Waals surface area contributed by atoms with Gasteiger partial charge in [-0.05, 0) is 6.07 Å². The largest absolute Gasteiger partial charge is 0.326 e. The zero-order valence-corrected chi connectivity index (χ0v) is 10.2. The van der Waals surface area contributed by atoms with Gasteiger partial charge in [-0.25, -0.2) is 4.98 Å². The van der Waals surface area contributed by atoms with Crippen LogP contribution < -0.4 is 5.32 Å². The first kappa shape index (κ1) is 12.2. The van der Waals surface area contributed by atoms with E-state index in [2.05, 4.69) is 10.3 Å². The zero-order valence-electron chi connectivity index (χ0n) is 9.41. The third-order valence-electron chi connectivity index (χ3n) is 2.13. The number of carbonyl (C=O) groups excluding carboxylic acids is 1. The summed E-state index contributed by atoms with van der Waals surface area (Å²) in [5, 5.41) is 15.8. The van der Waals surface area contributed by atoms with Crippen LogP contribution in [0, 0.1) is 10.1 Å². The second kappa shape index (κ2) is 4.92. The van der Waals surface area contributed by atoms with Crippen LogP contribution in [-0.2, 0) is 4.79 Å². The first-order valence-electron chi connectivity index (χ1n) is 5.03. The summed E-state index contributed by atoms with van der Waals surface area (Å²) in [5.41, 5.74) is 0.927. The van der Waals surface area contributed by atoms with Gasteiger partial charge in [-0.3, -0.25) is 14.9 Å². The fraction of sp³-hybridized carbons (Fsp3) is 0.0909. The van der Waals surface area contributed by atoms with Crippen LogP contribution >= 0.6 is 11.3 Å². The van der Waals surface area contributed by atoms with E-state index in [0.29, 0.717) is 16.3 Å². The second-order valence-corrected chi connectivity index (χ2v) is 4.44. The predicted molar refractivity (Wildman–Crippen MR) is 68.5 cm³/mol. The molecule has 1 aromatic heterocycles. The first-order chi connectivity index (χ1) is 8.56. The Hall–Kier alpha value is -2.28. The molecule has 18 heavy (non-hydrogen) atoms. The number of hydrogen-bond acceptors (Lipinski definition) is 5. The molecule has 1 aromatic carbocycles. The van der Waals surface area contributed by atoms with Gasteiger partial charge in [0.05, 0.1) is 4.92 Å². The number of aromatic nitrogens is 1. The van der Waals surface area contributed by atoms with Crippen LogP contribution in [0.25, 0.3) is 10.6 Å². The number of non-ortho nitro benzene ring substituents is 1. The minimum absolute atomic E-state index is 0.0774. The highest BCUT2D eigenvalue weighted by atomic mass is 32.1. The lowest BCUT2D eigenvalue weighted by molar-refractivity contribution is -0.384. The highest BCUT2D eigenvalue weighted by Crippen LogP contribution is 2.29. The van der Waals surface area contributed by atoms with Crippen molar-refractivity contribution >= 4 is 28.6 Å². The molecule has 2 rings (SSSR count). The van der Waals surface area contributed by atoms with E-state index >= 15 is 0 Å². The Balaban J connectivity index is 2.49. The van der Waals surface area contributed by atoms with Crippen molar-refractivity contribution in [2.24, 2.45) is 0 Å². The summed E-state index contributed by atoms with van der Waals surface area (Å²) < 4.78 is 0. The molecule has 0 bridgehead atoms. The van der Waals surface area contributed by atoms with E-state index < -0.39 is 4.92 Å². The molecule has 2 aromatic rings. The minimum atomic E-state index is -0.498. The van der Waals surface area contributed by atoms with Crippen molar-refractivity contribution in [2.45, 2.75) is 6.92 Å². The molecule has 6 nitrogen and oxygen atoms in total. The SMILES string of the molecule is CC(=O)Nc1cc(-c2nccs2)cc([N+](=O)[O-])c1. The van der Waals surface area contributed by atoms with Crippen molar-refractivity contribution in [3.63, 3.8) is 0 Å². The third-order valence-corrected chi connectivity index (χ3v) is 2.95. The van der Waals surface area contributed by atoms with Crippen LogP contribution in [0.4, 0.5) is 11.4 Å². The summed E-state index contributed by atoms with van der Waals surface area (Å²) in [4.78, 5) is 25.4. The number of rotatable bonds is 3. The average molecular weight is 263 g/mol. The Morgan fingerprint density at radius 1 is 1.44 bits per heavy atom. The molecule has 0 aliphatic rings. The lowest BCUT2D eigenvalue weighted by Gasteiger charge is -2.04. The Labute approximate surface area is 106 Å². The molecule has 1 heterocycles. The number of benzene rings is 1. The van der Waals surface area contributed by atoms with Crippen LogP contribution in [0.3, 0.4) is 0 Å². The van der Waals surface area contributed by atoms with Gasteiger partial charge in [-0.2, -0.15) is 0 Å². The van der Waals surface area contributed by atoms with Crippen LogP contribution in [0.1, 0.15) is 6.92 Å². The summed E-state index contributed by atoms with van der Waals surface area (Å²) in [7, 11) is 0. The fourth-order valence-electron chi connectivity index (χ4n) is 1.48. The van der Waals surface area contributed by atoms with Crippen LogP contribution in [0.15, 0.2) is 29.8 Å². The maximum Gasteiger partial charge on any atom is 0.272 e. The number of nitro benzene ring substituents is 1. The number of amides is 1. The molecule has 92 valence electrons. The first-order valence-corrected chi connectivity index (χ1v) is 5.91. The van der Waals surface area contributed by atoms with Crippen molar-refractivity contribution < 1.29 is 9.72 Å². The van der Waals surface area contributed by atoms with Gasteiger partial charge < -0.3 is 5.32 Å². The summed E-state index contributed by atoms with van der Waals surface area (Å²) in [6, 6.07) is 4.41. The second-order valence-electron chi connectivity index (χ2n) is 3.54. The smallest absolute Gasteiger partial charge is 0.272 e. The van der Waals surface area contributed by atoms with E-state index in [-0.39, 0.29) is 11.6 Å². The van der Waals surface area contributed by atoms with Gasteiger partial charge in [0.2, 0.25) is 5.91 Å². The molecule has 0 unspecified atom stereocenters. The van der Waals surface area contributed by atoms with E-state index in [1.54, 1.807) is 17.6 Å². The molecule has 1 amide bonds. The molecule has 0 aliphatic heterocycles. The molecular formula is C11H9N3O3S. The van der Waals surface area contributed by atoms with E-state index in [4.69, 9.17) is 0 Å². The molecule has 7 heteroatoms. The van der Waals surface area contributed by atoms with Gasteiger partial charge in [0.1, 0.15) is 5.01 Å². The average Bonchev–Trinajstić information content (AvgIpc) is 2.80. The molecule has 0 saturated carbocycles. The lowest BCUT2D eigenvalue weighted by atomic mass is 10.2. The van der Waals surface area contributed by atoms with Crippen molar-refractivity contribution in [1.82, 2.24) is 4.98 Å². The summed E-state index contributed by atoms with van der Waals surface area (Å²) in [5.74, 6) is -0.277. The van der Waals surface area contributed by atoms with Gasteiger partial charge in [0, 0.05) is 41.9 Å². The highest BCUT2D eigenvalue weighted by Gasteiger charge is 2.12. The molecule has 0 radical (unpaired) electrons. The summed E-state index contributed by atoms with van der Waals surface area (Å²) in [6.45, 7) is 1.35. The van der Waals surface area contributed by atoms with Crippen molar-refractivity contribution in [3.8, 4) is 10.6 Å². The Morgan fingerprint density at radius 2 is 2.22 bits per heavy atom. The molecule has 0 atom stereocenters. The van der Waals surface area contributed by atoms with Gasteiger partial charge in [-0.1, -0.05) is 0 Å². The Kier molecular flexibility index (Phi) is 3.33. The van der Waals surface area contributed by atoms with Crippen LogP contribution in [0.5, 0.6) is 0 Å². The van der Waals surface area contributed by atoms with E-state index in [1.165, 1.54) is 30.4 Å². The number of nitrogens with one attached hydrogen (secondary N) is 1. The third kappa shape index (κ3) is 2.69. The number of nitro groups is 1. The van der Waals surface area contributed by atoms with Crippen LogP contribution in [0.2, 0.25) is 0 Å². The predicted octanol–water partition coefficient (Wildman–Crippen LogP) is 2.68. The molecule has 0 aliphatic carbocycles. The standard InChI is InChI=1S/C11H9N3O3S/c1-7(15)13-9-4-8(11-12-2-3-18-11)5-10(6-9)14(16)17/h2-6H,1H3,(H,13,15). The Bertz CT molecular complexity index is 596. The zero-order chi connectivity index (χ0) is 13.1. The Morgan fingerprint density at radius 3 is 2.78 bits per heavy atom. The summed E-state index contributed by atoms with van der Waals surface area (Å²) in [6.07, 6.45) is 1.62. The molecular weight excluding hydrogens is 254 g/mol. The number of carbonyl (C=O) groups is 1. The normalized spacial score (nSPS) is 10.1. The van der Waals surface area contributed by atoms with Crippen molar-refractivity contribution in [2.75, 3.05) is 5.32 Å². The van der Waals surface area contributed by atoms with E-state index in [9.17, 15) is 14.9 Å². The highest BCUT2D eigenvalue weighted by molar-refractivity contribution is 7.13. The lowest BCUT2D eigenvalue weighted by Crippen LogP contribution is -2.06. The maximum atomic E-state index is 11.0. The maximum absolute atomic E-state index is 11.0. The quantitative estimate of drug-likeness (QED) is 0.681. The number of thiazole rings is 1. The molecule has 1 N–H and O–H groups in total. The van der Waals surface area contributed by atoms with E-state index in [0.717, 1.165) is 0 Å². The number of anilines is 1. The van der Waals surface area contributed by atoms with Crippen molar-refractivity contribution in [1.29, 1.82) is 0 Å². The molecule has 0 fully saturated rings. The number of nitrogens with zero attached hydrogens (tertiary/aromatic N) is 2. The molecule has 0 spiro atoms. The van der Waals surface area contributed by atoms with Gasteiger partial charge in [0.15, 0.2) is 0 Å². The summed E-state index contributed by atoms with van der Waals surface area (Å²) >= 11 is 1.38. The van der Waals surface area contributed by atoms with Gasteiger partial charge in [0.25, 0.3) is 5.69 Å². The van der Waals surface area contributed by atoms with Crippen LogP contribution in [-0.4, -0.2) is 15.8 Å². The van der Waals surface area contributed by atoms with Gasteiger partial charge >= 0.3 is 0 Å². The topological polar surface area (TPSA) is 85.1 Å². The molecule has 0 saturated heterocycles. The van der Waals surface area contributed by atoms with E-state index in [1.807, 2.05) is 0 Å².